The van der Waals surface area contributed by atoms with Gasteiger partial charge in [-0.2, -0.15) is 4.65 Å². The highest BCUT2D eigenvalue weighted by atomic mass is 16.5. The summed E-state index contributed by atoms with van der Waals surface area (Å²) in [5, 5.41) is 18.2. The van der Waals surface area contributed by atoms with Crippen molar-refractivity contribution in [1.29, 1.82) is 0 Å². The van der Waals surface area contributed by atoms with Crippen LogP contribution in [0.5, 0.6) is 0 Å². The number of quaternary nitrogens is 1. The summed E-state index contributed by atoms with van der Waals surface area (Å²) >= 11 is 0. The normalized spacial score (nSPS) is 11.6. The molecule has 0 aliphatic rings. The monoisotopic (exact) mass is 146 g/mol. The van der Waals surface area contributed by atoms with Crippen molar-refractivity contribution in [2.75, 3.05) is 19.7 Å². The molecule has 0 atom stereocenters. The van der Waals surface area contributed by atoms with Crippen LogP contribution in [-0.2, 0) is 0 Å². The summed E-state index contributed by atoms with van der Waals surface area (Å²) in [6, 6.07) is 0. The highest BCUT2D eigenvalue weighted by Gasteiger charge is 2.24. The second kappa shape index (κ2) is 3.71. The van der Waals surface area contributed by atoms with E-state index >= 15 is 0 Å². The molecular formula is C7H16NO2+. The van der Waals surface area contributed by atoms with E-state index in [2.05, 4.69) is 6.58 Å². The van der Waals surface area contributed by atoms with E-state index in [1.165, 1.54) is 0 Å². The lowest BCUT2D eigenvalue weighted by Gasteiger charge is -2.27. The topological polar surface area (TPSA) is 40.5 Å². The molecular weight excluding hydrogens is 130 g/mol. The van der Waals surface area contributed by atoms with E-state index in [0.29, 0.717) is 18.8 Å². The van der Waals surface area contributed by atoms with Gasteiger partial charge in [-0.1, -0.05) is 0 Å². The Morgan fingerprint density at radius 1 is 1.40 bits per heavy atom. The Balaban J connectivity index is 4.17. The van der Waals surface area contributed by atoms with Crippen molar-refractivity contribution in [1.82, 2.24) is 0 Å². The van der Waals surface area contributed by atoms with Crippen molar-refractivity contribution in [3.63, 3.8) is 0 Å². The van der Waals surface area contributed by atoms with Gasteiger partial charge in [0.2, 0.25) is 0 Å². The molecule has 3 heteroatoms. The number of likely N-dealkylation sites (N-methyl/N-ethyl adjacent to an activating group) is 1. The van der Waals surface area contributed by atoms with Crippen LogP contribution in [-0.4, -0.2) is 34.7 Å². The molecule has 0 aliphatic carbocycles. The molecule has 2 N–H and O–H groups in total. The second-order valence-corrected chi connectivity index (χ2v) is 2.28. The van der Waals surface area contributed by atoms with Gasteiger partial charge in [0, 0.05) is 0 Å². The zero-order chi connectivity index (χ0) is 8.20. The summed E-state index contributed by atoms with van der Waals surface area (Å²) in [5.74, 6) is 0. The molecule has 0 spiro atoms. The van der Waals surface area contributed by atoms with Crippen LogP contribution < -0.4 is 0 Å². The first kappa shape index (κ1) is 9.62. The van der Waals surface area contributed by atoms with Gasteiger partial charge < -0.3 is 5.11 Å². The van der Waals surface area contributed by atoms with Crippen molar-refractivity contribution in [2.45, 2.75) is 13.8 Å². The summed E-state index contributed by atoms with van der Waals surface area (Å²) in [4.78, 5) is 0. The maximum Gasteiger partial charge on any atom is 0.159 e. The number of rotatable bonds is 4. The zero-order valence-corrected chi connectivity index (χ0v) is 6.67. The Bertz CT molecular complexity index is 119. The molecule has 0 aromatic heterocycles. The molecule has 0 radical (unpaired) electrons. The van der Waals surface area contributed by atoms with Crippen molar-refractivity contribution in [2.24, 2.45) is 0 Å². The minimum absolute atomic E-state index is 0.155. The summed E-state index contributed by atoms with van der Waals surface area (Å²) in [5.41, 5.74) is 0.449. The maximum atomic E-state index is 9.58. The van der Waals surface area contributed by atoms with E-state index in [4.69, 9.17) is 5.11 Å². The molecule has 0 aromatic carbocycles. The lowest BCUT2D eigenvalue weighted by atomic mass is 10.4. The van der Waals surface area contributed by atoms with E-state index in [9.17, 15) is 5.21 Å². The summed E-state index contributed by atoms with van der Waals surface area (Å²) < 4.78 is -0.226. The van der Waals surface area contributed by atoms with Gasteiger partial charge in [0.25, 0.3) is 0 Å². The van der Waals surface area contributed by atoms with Gasteiger partial charge in [-0.3, -0.25) is 0 Å². The zero-order valence-electron chi connectivity index (χ0n) is 6.67. The summed E-state index contributed by atoms with van der Waals surface area (Å²) in [6.07, 6.45) is 0. The molecule has 0 amide bonds. The van der Waals surface area contributed by atoms with E-state index in [0.717, 1.165) is 0 Å². The third-order valence-electron chi connectivity index (χ3n) is 1.82. The van der Waals surface area contributed by atoms with Crippen LogP contribution >= 0.6 is 0 Å². The van der Waals surface area contributed by atoms with Gasteiger partial charge in [-0.15, -0.1) is 0 Å². The van der Waals surface area contributed by atoms with Crippen molar-refractivity contribution in [3.05, 3.63) is 12.3 Å². The quantitative estimate of drug-likeness (QED) is 0.453. The van der Waals surface area contributed by atoms with E-state index in [1.54, 1.807) is 0 Å². The minimum Gasteiger partial charge on any atom is -0.386 e. The first-order valence-electron chi connectivity index (χ1n) is 3.49. The molecule has 0 fully saturated rings. The smallest absolute Gasteiger partial charge is 0.159 e. The molecule has 10 heavy (non-hydrogen) atoms. The molecule has 3 nitrogen and oxygen atoms in total. The van der Waals surface area contributed by atoms with Crippen molar-refractivity contribution < 1.29 is 15.0 Å². The first-order valence-corrected chi connectivity index (χ1v) is 3.49. The van der Waals surface area contributed by atoms with Crippen LogP contribution in [0, 0.1) is 0 Å². The third-order valence-corrected chi connectivity index (χ3v) is 1.82. The lowest BCUT2D eigenvalue weighted by molar-refractivity contribution is -1.07. The van der Waals surface area contributed by atoms with Crippen LogP contribution in [0.3, 0.4) is 0 Å². The second-order valence-electron chi connectivity index (χ2n) is 2.28. The van der Waals surface area contributed by atoms with Crippen molar-refractivity contribution >= 4 is 0 Å². The molecule has 60 valence electrons. The summed E-state index contributed by atoms with van der Waals surface area (Å²) in [6.45, 7) is 8.21. The van der Waals surface area contributed by atoms with Crippen LogP contribution in [0.25, 0.3) is 0 Å². The number of aliphatic hydroxyl groups excluding tert-OH is 1. The average molecular weight is 146 g/mol. The van der Waals surface area contributed by atoms with Gasteiger partial charge >= 0.3 is 0 Å². The Morgan fingerprint density at radius 3 is 1.90 bits per heavy atom. The van der Waals surface area contributed by atoms with Gasteiger partial charge in [-0.25, -0.2) is 5.21 Å². The molecule has 0 rings (SSSR count). The van der Waals surface area contributed by atoms with E-state index in [1.807, 2.05) is 13.8 Å². The minimum atomic E-state index is -0.226. The maximum absolute atomic E-state index is 9.58. The molecule has 0 aliphatic heterocycles. The van der Waals surface area contributed by atoms with Crippen LogP contribution in [0.15, 0.2) is 12.3 Å². The van der Waals surface area contributed by atoms with Gasteiger partial charge in [-0.05, 0) is 20.4 Å². The van der Waals surface area contributed by atoms with Crippen LogP contribution in [0.4, 0.5) is 0 Å². The Hall–Kier alpha value is -0.380. The van der Waals surface area contributed by atoms with E-state index < -0.39 is 0 Å². The largest absolute Gasteiger partial charge is 0.386 e. The lowest BCUT2D eigenvalue weighted by Crippen LogP contribution is -2.43. The number of nitrogens with zero attached hydrogens (tertiary/aromatic N) is 1. The highest BCUT2D eigenvalue weighted by Crippen LogP contribution is 2.09. The van der Waals surface area contributed by atoms with Crippen molar-refractivity contribution in [3.8, 4) is 0 Å². The van der Waals surface area contributed by atoms with Crippen LogP contribution in [0.2, 0.25) is 0 Å². The van der Waals surface area contributed by atoms with Crippen LogP contribution in [0.1, 0.15) is 13.8 Å². The van der Waals surface area contributed by atoms with E-state index in [-0.39, 0.29) is 11.3 Å². The molecule has 0 unspecified atom stereocenters. The first-order chi connectivity index (χ1) is 4.60. The SMILES string of the molecule is C=C(CO)[N+](O)(CC)CC. The Labute approximate surface area is 61.8 Å². The fourth-order valence-electron chi connectivity index (χ4n) is 0.802. The Kier molecular flexibility index (Phi) is 3.57. The molecule has 0 saturated heterocycles. The Morgan fingerprint density at radius 2 is 1.80 bits per heavy atom. The predicted octanol–water partition coefficient (Wildman–Crippen LogP) is 0.738. The molecule has 0 aromatic rings. The number of aliphatic hydroxyl groups is 1. The standard InChI is InChI=1S/C7H16NO2/c1-4-8(10,5-2)7(3)6-9/h9-10H,3-6H2,1-2H3/q+1. The van der Waals surface area contributed by atoms with Gasteiger partial charge in [0.1, 0.15) is 19.7 Å². The molecule has 0 saturated carbocycles. The molecule has 0 heterocycles. The number of hydroxylamine groups is 3. The molecule has 0 bridgehead atoms. The number of hydrogen-bond donors (Lipinski definition) is 2. The fourth-order valence-corrected chi connectivity index (χ4v) is 0.802. The summed E-state index contributed by atoms with van der Waals surface area (Å²) in [7, 11) is 0. The highest BCUT2D eigenvalue weighted by molar-refractivity contribution is 4.80. The third kappa shape index (κ3) is 1.80. The predicted molar refractivity (Wildman–Crippen MR) is 39.4 cm³/mol. The fraction of sp³-hybridized carbons (Fsp3) is 0.714. The van der Waals surface area contributed by atoms with Gasteiger partial charge in [0.15, 0.2) is 5.70 Å². The number of hydrogen-bond acceptors (Lipinski definition) is 2. The average Bonchev–Trinajstić information content (AvgIpc) is 2.01. The van der Waals surface area contributed by atoms with Gasteiger partial charge in [0.05, 0.1) is 0 Å².